The van der Waals surface area contributed by atoms with Crippen LogP contribution in [-0.4, -0.2) is 30.8 Å². The molecule has 0 aromatic carbocycles. The number of carbonyl (C=O) groups excluding carboxylic acids is 2. The van der Waals surface area contributed by atoms with Crippen molar-refractivity contribution in [3.8, 4) is 0 Å². The number of hydrogen-bond donors (Lipinski definition) is 1. The molecule has 1 atom stereocenters. The van der Waals surface area contributed by atoms with E-state index in [9.17, 15) is 9.59 Å². The number of Topliss-reactive ketones (excluding diaryl/α,β-unsaturated/α-hetero) is 1. The lowest BCUT2D eigenvalue weighted by molar-refractivity contribution is -0.122. The summed E-state index contributed by atoms with van der Waals surface area (Å²) in [6.07, 6.45) is 0. The largest absolute Gasteiger partial charge is 0.437 e. The minimum absolute atomic E-state index is 0.0213. The molecule has 1 amide bonds. The van der Waals surface area contributed by atoms with Gasteiger partial charge in [0.25, 0.3) is 0 Å². The molecule has 5 heteroatoms. The Morgan fingerprint density at radius 3 is 2.94 bits per heavy atom. The molecule has 1 unspecified atom stereocenters. The molecular weight excluding hydrogens is 208 g/mol. The normalized spacial score (nSPS) is 20.8. The molecule has 2 rings (SSSR count). The summed E-state index contributed by atoms with van der Waals surface area (Å²) in [6.45, 7) is 4.55. The van der Waals surface area contributed by atoms with Crippen molar-refractivity contribution in [2.75, 3.05) is 18.0 Å². The van der Waals surface area contributed by atoms with E-state index in [2.05, 4.69) is 5.32 Å². The number of nitrogens with zero attached hydrogens (tertiary/aromatic N) is 1. The third kappa shape index (κ3) is 1.80. The van der Waals surface area contributed by atoms with Crippen LogP contribution >= 0.6 is 0 Å². The molecule has 1 N–H and O–H groups in total. The molecule has 1 aromatic heterocycles. The van der Waals surface area contributed by atoms with E-state index in [0.29, 0.717) is 24.7 Å². The summed E-state index contributed by atoms with van der Waals surface area (Å²) < 4.78 is 5.40. The number of anilines is 1. The van der Waals surface area contributed by atoms with E-state index in [1.165, 1.54) is 6.92 Å². The fourth-order valence-electron chi connectivity index (χ4n) is 1.75. The fourth-order valence-corrected chi connectivity index (χ4v) is 1.75. The molecule has 1 aliphatic heterocycles. The van der Waals surface area contributed by atoms with Gasteiger partial charge in [0.05, 0.1) is 0 Å². The first-order chi connectivity index (χ1) is 7.59. The number of hydrogen-bond acceptors (Lipinski definition) is 4. The van der Waals surface area contributed by atoms with Crippen LogP contribution in [0.1, 0.15) is 24.4 Å². The van der Waals surface area contributed by atoms with Gasteiger partial charge in [-0.3, -0.25) is 9.59 Å². The lowest BCUT2D eigenvalue weighted by Gasteiger charge is -2.32. The van der Waals surface area contributed by atoms with E-state index >= 15 is 0 Å². The predicted octanol–water partition coefficient (Wildman–Crippen LogP) is 0.807. The van der Waals surface area contributed by atoms with Crippen molar-refractivity contribution in [1.82, 2.24) is 5.32 Å². The lowest BCUT2D eigenvalue weighted by atomic mass is 10.2. The number of furan rings is 1. The Hall–Kier alpha value is -1.78. The highest BCUT2D eigenvalue weighted by Crippen LogP contribution is 2.22. The number of nitrogens with one attached hydrogen (secondary N) is 1. The summed E-state index contributed by atoms with van der Waals surface area (Å²) in [4.78, 5) is 24.4. The minimum atomic E-state index is -0.264. The van der Waals surface area contributed by atoms with Crippen LogP contribution in [0.2, 0.25) is 0 Å². The summed E-state index contributed by atoms with van der Waals surface area (Å²) in [5.41, 5.74) is 0. The van der Waals surface area contributed by atoms with Gasteiger partial charge in [-0.1, -0.05) is 0 Å². The molecule has 1 aromatic rings. The molecule has 1 aliphatic rings. The van der Waals surface area contributed by atoms with Crippen LogP contribution in [0.15, 0.2) is 16.5 Å². The number of piperazine rings is 1. The van der Waals surface area contributed by atoms with E-state index in [1.54, 1.807) is 12.1 Å². The van der Waals surface area contributed by atoms with Crippen LogP contribution in [0.5, 0.6) is 0 Å². The highest BCUT2D eigenvalue weighted by atomic mass is 16.4. The fraction of sp³-hybridized carbons (Fsp3) is 0.455. The third-order valence-electron chi connectivity index (χ3n) is 2.72. The van der Waals surface area contributed by atoms with Crippen molar-refractivity contribution in [1.29, 1.82) is 0 Å². The van der Waals surface area contributed by atoms with Gasteiger partial charge >= 0.3 is 0 Å². The van der Waals surface area contributed by atoms with Crippen LogP contribution in [0.3, 0.4) is 0 Å². The molecule has 0 saturated carbocycles. The van der Waals surface area contributed by atoms with Crippen molar-refractivity contribution < 1.29 is 14.0 Å². The van der Waals surface area contributed by atoms with E-state index in [1.807, 2.05) is 11.8 Å². The Morgan fingerprint density at radius 2 is 2.31 bits per heavy atom. The first-order valence-electron chi connectivity index (χ1n) is 5.24. The molecule has 2 heterocycles. The van der Waals surface area contributed by atoms with Gasteiger partial charge in [-0.15, -0.1) is 0 Å². The van der Waals surface area contributed by atoms with Crippen LogP contribution in [0.4, 0.5) is 5.88 Å². The first kappa shape index (κ1) is 10.7. The Kier molecular flexibility index (Phi) is 2.68. The molecule has 0 bridgehead atoms. The maximum absolute atomic E-state index is 11.5. The van der Waals surface area contributed by atoms with Gasteiger partial charge < -0.3 is 14.6 Å². The van der Waals surface area contributed by atoms with Gasteiger partial charge in [-0.05, 0) is 13.0 Å². The number of rotatable bonds is 2. The molecular formula is C11H14N2O3. The molecule has 16 heavy (non-hydrogen) atoms. The van der Waals surface area contributed by atoms with Crippen molar-refractivity contribution in [3.63, 3.8) is 0 Å². The lowest BCUT2D eigenvalue weighted by Crippen LogP contribution is -2.53. The molecule has 1 fully saturated rings. The number of ketones is 1. The third-order valence-corrected chi connectivity index (χ3v) is 2.72. The summed E-state index contributed by atoms with van der Waals surface area (Å²) in [7, 11) is 0. The van der Waals surface area contributed by atoms with Crippen molar-refractivity contribution >= 4 is 17.6 Å². The summed E-state index contributed by atoms with van der Waals surface area (Å²) in [5.74, 6) is 0.771. The monoisotopic (exact) mass is 222 g/mol. The second-order valence-electron chi connectivity index (χ2n) is 3.85. The van der Waals surface area contributed by atoms with Gasteiger partial charge in [0.15, 0.2) is 17.4 Å². The Labute approximate surface area is 93.4 Å². The second kappa shape index (κ2) is 4.00. The molecule has 0 spiro atoms. The number of carbonyl (C=O) groups is 2. The average molecular weight is 222 g/mol. The van der Waals surface area contributed by atoms with Crippen molar-refractivity contribution in [2.24, 2.45) is 0 Å². The zero-order valence-electron chi connectivity index (χ0n) is 9.32. The van der Waals surface area contributed by atoms with Crippen molar-refractivity contribution in [3.05, 3.63) is 17.9 Å². The highest BCUT2D eigenvalue weighted by molar-refractivity contribution is 5.92. The Balaban J connectivity index is 2.22. The molecule has 0 aliphatic carbocycles. The quantitative estimate of drug-likeness (QED) is 0.752. The molecule has 5 nitrogen and oxygen atoms in total. The predicted molar refractivity (Wildman–Crippen MR) is 58.5 cm³/mol. The van der Waals surface area contributed by atoms with Crippen LogP contribution in [0, 0.1) is 0 Å². The van der Waals surface area contributed by atoms with Gasteiger partial charge in [-0.2, -0.15) is 0 Å². The highest BCUT2D eigenvalue weighted by Gasteiger charge is 2.27. The zero-order chi connectivity index (χ0) is 11.7. The minimum Gasteiger partial charge on any atom is -0.437 e. The van der Waals surface area contributed by atoms with E-state index in [-0.39, 0.29) is 17.7 Å². The smallest absolute Gasteiger partial charge is 0.242 e. The molecule has 86 valence electrons. The van der Waals surface area contributed by atoms with E-state index in [0.717, 1.165) is 0 Å². The van der Waals surface area contributed by atoms with E-state index in [4.69, 9.17) is 4.42 Å². The number of amides is 1. The SMILES string of the molecule is CC(=O)c1ccc(N2CCNC(=O)C2C)o1. The van der Waals surface area contributed by atoms with Crippen molar-refractivity contribution in [2.45, 2.75) is 19.9 Å². The zero-order valence-corrected chi connectivity index (χ0v) is 9.32. The van der Waals surface area contributed by atoms with Crippen LogP contribution in [-0.2, 0) is 4.79 Å². The summed E-state index contributed by atoms with van der Waals surface area (Å²) in [6, 6.07) is 3.10. The summed E-state index contributed by atoms with van der Waals surface area (Å²) in [5, 5.41) is 2.77. The van der Waals surface area contributed by atoms with E-state index < -0.39 is 0 Å². The topological polar surface area (TPSA) is 62.6 Å². The van der Waals surface area contributed by atoms with Gasteiger partial charge in [0, 0.05) is 26.1 Å². The van der Waals surface area contributed by atoms with Crippen LogP contribution in [0.25, 0.3) is 0 Å². The standard InChI is InChI=1S/C11H14N2O3/c1-7-11(15)12-5-6-13(7)10-4-3-9(16-10)8(2)14/h3-4,7H,5-6H2,1-2H3,(H,12,15). The van der Waals surface area contributed by atoms with Gasteiger partial charge in [0.2, 0.25) is 5.91 Å². The average Bonchev–Trinajstić information content (AvgIpc) is 2.71. The maximum atomic E-state index is 11.5. The summed E-state index contributed by atoms with van der Waals surface area (Å²) >= 11 is 0. The molecule has 1 saturated heterocycles. The second-order valence-corrected chi connectivity index (χ2v) is 3.85. The van der Waals surface area contributed by atoms with Gasteiger partial charge in [-0.25, -0.2) is 0 Å². The Morgan fingerprint density at radius 1 is 1.56 bits per heavy atom. The first-order valence-corrected chi connectivity index (χ1v) is 5.24. The van der Waals surface area contributed by atoms with Crippen LogP contribution < -0.4 is 10.2 Å². The molecule has 0 radical (unpaired) electrons. The maximum Gasteiger partial charge on any atom is 0.242 e. The Bertz CT molecular complexity index is 425. The van der Waals surface area contributed by atoms with Gasteiger partial charge in [0.1, 0.15) is 6.04 Å².